The van der Waals surface area contributed by atoms with Crippen molar-refractivity contribution < 1.29 is 32.2 Å². The fourth-order valence-corrected chi connectivity index (χ4v) is 5.54. The van der Waals surface area contributed by atoms with E-state index in [9.17, 15) is 13.2 Å². The van der Waals surface area contributed by atoms with Crippen molar-refractivity contribution in [2.75, 3.05) is 25.6 Å². The molecule has 1 aromatic heterocycles. The number of nitrogens with one attached hydrogen (secondary N) is 2. The van der Waals surface area contributed by atoms with Gasteiger partial charge in [-0.05, 0) is 35.7 Å². The Hall–Kier alpha value is -2.18. The lowest BCUT2D eigenvalue weighted by Gasteiger charge is -2.18. The third-order valence-corrected chi connectivity index (χ3v) is 7.56. The first-order chi connectivity index (χ1) is 14.0. The molecule has 11 heteroatoms. The van der Waals surface area contributed by atoms with Crippen LogP contribution in [0.4, 0.5) is 10.5 Å². The number of benzene rings is 1. The lowest BCUT2D eigenvalue weighted by atomic mass is 10.1. The van der Waals surface area contributed by atoms with Crippen molar-refractivity contribution in [2.24, 2.45) is 0 Å². The smallest absolute Gasteiger partial charge is 0.412 e. The van der Waals surface area contributed by atoms with Gasteiger partial charge < -0.3 is 18.9 Å². The molecular weight excluding hydrogens is 420 g/mol. The molecule has 1 aromatic carbocycles. The van der Waals surface area contributed by atoms with Crippen LogP contribution in [0.3, 0.4) is 0 Å². The molecule has 0 radical (unpaired) electrons. The van der Waals surface area contributed by atoms with Crippen LogP contribution in [0.1, 0.15) is 0 Å². The van der Waals surface area contributed by atoms with Gasteiger partial charge in [0.25, 0.3) is 0 Å². The normalized spacial score (nSPS) is 26.1. The monoisotopic (exact) mass is 440 g/mol. The van der Waals surface area contributed by atoms with Gasteiger partial charge >= 0.3 is 6.09 Å². The summed E-state index contributed by atoms with van der Waals surface area (Å²) in [6.07, 6.45) is -2.33. The van der Waals surface area contributed by atoms with E-state index in [1.165, 1.54) is 6.07 Å². The van der Waals surface area contributed by atoms with E-state index in [1.54, 1.807) is 42.8 Å². The fraction of sp³-hybridized carbons (Fsp3) is 0.389. The van der Waals surface area contributed by atoms with E-state index in [2.05, 4.69) is 10.0 Å². The van der Waals surface area contributed by atoms with Crippen LogP contribution in [0.5, 0.6) is 5.75 Å². The molecule has 0 aliphatic carbocycles. The van der Waals surface area contributed by atoms with Crippen molar-refractivity contribution in [1.29, 1.82) is 0 Å². The molecule has 2 saturated heterocycles. The summed E-state index contributed by atoms with van der Waals surface area (Å²) in [6.45, 7) is 0.266. The number of carbonyl (C=O) groups is 1. The molecule has 0 bridgehead atoms. The first kappa shape index (κ1) is 20.1. The highest BCUT2D eigenvalue weighted by molar-refractivity contribution is 7.91. The van der Waals surface area contributed by atoms with E-state index in [0.717, 1.165) is 11.3 Å². The molecule has 29 heavy (non-hydrogen) atoms. The van der Waals surface area contributed by atoms with Crippen molar-refractivity contribution in [1.82, 2.24) is 4.72 Å². The molecular formula is C18H20N2O7S2. The van der Waals surface area contributed by atoms with E-state index >= 15 is 0 Å². The van der Waals surface area contributed by atoms with Crippen LogP contribution in [0.15, 0.2) is 46.0 Å². The highest BCUT2D eigenvalue weighted by atomic mass is 32.2. The lowest BCUT2D eigenvalue weighted by molar-refractivity contribution is 0.00883. The molecule has 2 aliphatic rings. The van der Waals surface area contributed by atoms with E-state index in [1.807, 2.05) is 0 Å². The summed E-state index contributed by atoms with van der Waals surface area (Å²) < 4.78 is 49.6. The molecule has 3 heterocycles. The predicted molar refractivity (Wildman–Crippen MR) is 105 cm³/mol. The zero-order valence-electron chi connectivity index (χ0n) is 15.4. The first-order valence-corrected chi connectivity index (χ1v) is 11.2. The van der Waals surface area contributed by atoms with Gasteiger partial charge in [0.2, 0.25) is 10.0 Å². The van der Waals surface area contributed by atoms with Crippen molar-refractivity contribution >= 4 is 33.1 Å². The Morgan fingerprint density at radius 3 is 2.59 bits per heavy atom. The minimum absolute atomic E-state index is 0.128. The number of fused-ring (bicyclic) bond motifs is 1. The molecule has 4 atom stereocenters. The summed E-state index contributed by atoms with van der Waals surface area (Å²) >= 11 is 1.13. The Kier molecular flexibility index (Phi) is 5.74. The molecule has 4 rings (SSSR count). The molecule has 2 aromatic rings. The van der Waals surface area contributed by atoms with Crippen LogP contribution in [0.2, 0.25) is 0 Å². The van der Waals surface area contributed by atoms with Gasteiger partial charge in [0.15, 0.2) is 6.10 Å². The Morgan fingerprint density at radius 1 is 1.14 bits per heavy atom. The molecule has 2 N–H and O–H groups in total. The minimum Gasteiger partial charge on any atom is -0.497 e. The number of thiophene rings is 1. The van der Waals surface area contributed by atoms with Gasteiger partial charge in [0.1, 0.15) is 22.2 Å². The second kappa shape index (κ2) is 8.28. The topological polar surface area (TPSA) is 112 Å². The number of hydrogen-bond donors (Lipinski definition) is 2. The molecule has 0 spiro atoms. The third-order valence-electron chi connectivity index (χ3n) is 4.67. The molecule has 156 valence electrons. The van der Waals surface area contributed by atoms with Gasteiger partial charge in [-0.25, -0.2) is 17.9 Å². The highest BCUT2D eigenvalue weighted by Gasteiger charge is 2.50. The lowest BCUT2D eigenvalue weighted by Crippen LogP contribution is -2.44. The quantitative estimate of drug-likeness (QED) is 0.705. The number of anilines is 1. The van der Waals surface area contributed by atoms with Crippen molar-refractivity contribution in [3.63, 3.8) is 0 Å². The number of carbonyl (C=O) groups excluding carboxylic acids is 1. The number of methoxy groups -OCH3 is 1. The second-order valence-electron chi connectivity index (χ2n) is 6.55. The average Bonchev–Trinajstić information content (AvgIpc) is 3.43. The maximum absolute atomic E-state index is 12.4. The standard InChI is InChI=1S/C18H20N2O7S2/c1-24-12-6-4-11(5-7-12)19-18(21)27-14-10-26-16-13(9-25-17(14)16)20-29(22,23)15-3-2-8-28-15/h2-8,13-14,16-17,20H,9-10H2,1H3,(H,19,21). The largest absolute Gasteiger partial charge is 0.497 e. The van der Waals surface area contributed by atoms with Crippen molar-refractivity contribution in [3.05, 3.63) is 41.8 Å². The van der Waals surface area contributed by atoms with E-state index in [4.69, 9.17) is 18.9 Å². The van der Waals surface area contributed by atoms with Crippen molar-refractivity contribution in [2.45, 2.75) is 28.6 Å². The Bertz CT molecular complexity index is 947. The Balaban J connectivity index is 1.33. The zero-order valence-corrected chi connectivity index (χ0v) is 17.1. The highest BCUT2D eigenvalue weighted by Crippen LogP contribution is 2.30. The summed E-state index contributed by atoms with van der Waals surface area (Å²) in [5.41, 5.74) is 0.556. The van der Waals surface area contributed by atoms with Crippen LogP contribution in [0.25, 0.3) is 0 Å². The predicted octanol–water partition coefficient (Wildman–Crippen LogP) is 1.82. The van der Waals surface area contributed by atoms with Crippen molar-refractivity contribution in [3.8, 4) is 5.75 Å². The van der Waals surface area contributed by atoms with Gasteiger partial charge in [-0.1, -0.05) is 6.07 Å². The van der Waals surface area contributed by atoms with Crippen LogP contribution in [-0.4, -0.2) is 59.2 Å². The van der Waals surface area contributed by atoms with Gasteiger partial charge in [0, 0.05) is 5.69 Å². The van der Waals surface area contributed by atoms with Gasteiger partial charge in [0.05, 0.1) is 26.4 Å². The van der Waals surface area contributed by atoms with Gasteiger partial charge in [-0.3, -0.25) is 5.32 Å². The maximum atomic E-state index is 12.4. The molecule has 2 fully saturated rings. The summed E-state index contributed by atoms with van der Waals surface area (Å²) in [5, 5.41) is 4.32. The minimum atomic E-state index is -3.65. The average molecular weight is 440 g/mol. The van der Waals surface area contributed by atoms with Crippen LogP contribution in [-0.2, 0) is 24.2 Å². The maximum Gasteiger partial charge on any atom is 0.412 e. The molecule has 0 saturated carbocycles. The fourth-order valence-electron chi connectivity index (χ4n) is 3.30. The second-order valence-corrected chi connectivity index (χ2v) is 9.44. The summed E-state index contributed by atoms with van der Waals surface area (Å²) in [4.78, 5) is 12.2. The van der Waals surface area contributed by atoms with Crippen LogP contribution >= 0.6 is 11.3 Å². The molecule has 1 amide bonds. The molecule has 9 nitrogen and oxygen atoms in total. The number of hydrogen-bond acceptors (Lipinski definition) is 8. The molecule has 2 aliphatic heterocycles. The first-order valence-electron chi connectivity index (χ1n) is 8.87. The molecule has 4 unspecified atom stereocenters. The SMILES string of the molecule is COc1ccc(NC(=O)OC2COC3C(NS(=O)(=O)c4cccs4)COC23)cc1. The van der Waals surface area contributed by atoms with Crippen LogP contribution < -0.4 is 14.8 Å². The Morgan fingerprint density at radius 2 is 1.90 bits per heavy atom. The van der Waals surface area contributed by atoms with E-state index < -0.39 is 40.5 Å². The number of ether oxygens (including phenoxy) is 4. The van der Waals surface area contributed by atoms with E-state index in [0.29, 0.717) is 11.4 Å². The van der Waals surface area contributed by atoms with Crippen LogP contribution in [0, 0.1) is 0 Å². The van der Waals surface area contributed by atoms with Gasteiger partial charge in [-0.2, -0.15) is 0 Å². The number of amides is 1. The number of sulfonamides is 1. The summed E-state index contributed by atoms with van der Waals surface area (Å²) in [6, 6.07) is 9.47. The van der Waals surface area contributed by atoms with E-state index in [-0.39, 0.29) is 17.4 Å². The summed E-state index contributed by atoms with van der Waals surface area (Å²) in [7, 11) is -2.09. The summed E-state index contributed by atoms with van der Waals surface area (Å²) in [5.74, 6) is 0.673. The Labute approximate surface area is 172 Å². The van der Waals surface area contributed by atoms with Gasteiger partial charge in [-0.15, -0.1) is 11.3 Å². The third kappa shape index (κ3) is 4.38. The zero-order chi connectivity index (χ0) is 20.4. The number of rotatable bonds is 6.